The van der Waals surface area contributed by atoms with E-state index < -0.39 is 11.7 Å². The van der Waals surface area contributed by atoms with Crippen LogP contribution in [0.2, 0.25) is 0 Å². The van der Waals surface area contributed by atoms with Crippen LogP contribution in [-0.4, -0.2) is 5.91 Å². The van der Waals surface area contributed by atoms with E-state index in [0.717, 1.165) is 4.47 Å². The second kappa shape index (κ2) is 4.77. The third-order valence-corrected chi connectivity index (χ3v) is 1.91. The summed E-state index contributed by atoms with van der Waals surface area (Å²) in [5, 5.41) is 0. The summed E-state index contributed by atoms with van der Waals surface area (Å²) >= 11 is 3.19. The van der Waals surface area contributed by atoms with Gasteiger partial charge in [0.25, 0.3) is 0 Å². The molecule has 1 amide bonds. The Balaban J connectivity index is 2.88. The van der Waals surface area contributed by atoms with E-state index in [1.54, 1.807) is 12.1 Å². The largest absolute Gasteiger partial charge is 0.369 e. The normalized spacial score (nSPS) is 9.00. The molecule has 0 aliphatic carbocycles. The third-order valence-electron chi connectivity index (χ3n) is 1.41. The molecule has 0 aromatic heterocycles. The molecule has 1 aromatic carbocycles. The van der Waals surface area contributed by atoms with Crippen molar-refractivity contribution in [3.8, 4) is 11.8 Å². The average Bonchev–Trinajstić information content (AvgIpc) is 2.10. The Morgan fingerprint density at radius 2 is 2.29 bits per heavy atom. The fourth-order valence-electron chi connectivity index (χ4n) is 0.820. The van der Waals surface area contributed by atoms with Gasteiger partial charge in [0.2, 0.25) is 5.91 Å². The average molecular weight is 256 g/mol. The number of primary amides is 1. The van der Waals surface area contributed by atoms with Crippen LogP contribution in [0.1, 0.15) is 12.0 Å². The summed E-state index contributed by atoms with van der Waals surface area (Å²) in [7, 11) is 0. The van der Waals surface area contributed by atoms with Crippen LogP contribution in [0, 0.1) is 17.7 Å². The number of carbonyl (C=O) groups is 1. The maximum Gasteiger partial charge on any atom is 0.229 e. The molecule has 1 rings (SSSR count). The van der Waals surface area contributed by atoms with Crippen molar-refractivity contribution in [2.45, 2.75) is 6.42 Å². The minimum absolute atomic E-state index is 0.0635. The number of amides is 1. The number of carbonyl (C=O) groups excluding carboxylic acids is 1. The lowest BCUT2D eigenvalue weighted by molar-refractivity contribution is -0.117. The third kappa shape index (κ3) is 3.19. The van der Waals surface area contributed by atoms with E-state index in [9.17, 15) is 9.18 Å². The smallest absolute Gasteiger partial charge is 0.229 e. The molecule has 4 heteroatoms. The molecule has 0 saturated carbocycles. The lowest BCUT2D eigenvalue weighted by atomic mass is 10.2. The summed E-state index contributed by atoms with van der Waals surface area (Å²) in [5.74, 6) is 4.08. The highest BCUT2D eigenvalue weighted by atomic mass is 79.9. The van der Waals surface area contributed by atoms with E-state index in [4.69, 9.17) is 5.73 Å². The quantitative estimate of drug-likeness (QED) is 0.765. The molecule has 0 fully saturated rings. The Bertz CT molecular complexity index is 420. The van der Waals surface area contributed by atoms with Crippen LogP contribution in [0.4, 0.5) is 4.39 Å². The SMILES string of the molecule is NC(=O)CC#Cc1cc(Br)ccc1F. The summed E-state index contributed by atoms with van der Waals surface area (Å²) in [6, 6.07) is 4.43. The number of nitrogens with two attached hydrogens (primary N) is 1. The zero-order valence-corrected chi connectivity index (χ0v) is 8.77. The molecular formula is C10H7BrFNO. The number of hydrogen-bond donors (Lipinski definition) is 1. The second-order valence-electron chi connectivity index (χ2n) is 2.57. The van der Waals surface area contributed by atoms with Gasteiger partial charge in [-0.3, -0.25) is 4.79 Å². The van der Waals surface area contributed by atoms with Gasteiger partial charge in [0.05, 0.1) is 12.0 Å². The summed E-state index contributed by atoms with van der Waals surface area (Å²) in [4.78, 5) is 10.4. The van der Waals surface area contributed by atoms with Gasteiger partial charge in [-0.1, -0.05) is 27.8 Å². The van der Waals surface area contributed by atoms with Gasteiger partial charge in [-0.05, 0) is 18.2 Å². The van der Waals surface area contributed by atoms with Crippen molar-refractivity contribution in [1.82, 2.24) is 0 Å². The lowest BCUT2D eigenvalue weighted by Crippen LogP contribution is -2.08. The van der Waals surface area contributed by atoms with Crippen LogP contribution in [0.3, 0.4) is 0 Å². The molecule has 0 aliphatic heterocycles. The highest BCUT2D eigenvalue weighted by Crippen LogP contribution is 2.14. The maximum absolute atomic E-state index is 13.1. The van der Waals surface area contributed by atoms with Crippen LogP contribution in [0.15, 0.2) is 22.7 Å². The lowest BCUT2D eigenvalue weighted by Gasteiger charge is -1.94. The molecule has 0 heterocycles. The van der Waals surface area contributed by atoms with E-state index in [-0.39, 0.29) is 12.0 Å². The molecule has 2 nitrogen and oxygen atoms in total. The summed E-state index contributed by atoms with van der Waals surface area (Å²) in [6.45, 7) is 0. The molecule has 14 heavy (non-hydrogen) atoms. The van der Waals surface area contributed by atoms with E-state index in [1.807, 2.05) is 0 Å². The highest BCUT2D eigenvalue weighted by molar-refractivity contribution is 9.10. The molecule has 0 saturated heterocycles. The minimum atomic E-state index is -0.520. The van der Waals surface area contributed by atoms with Gasteiger partial charge in [-0.15, -0.1) is 0 Å². The fourth-order valence-corrected chi connectivity index (χ4v) is 1.18. The first-order chi connectivity index (χ1) is 6.59. The van der Waals surface area contributed by atoms with Crippen molar-refractivity contribution in [2.24, 2.45) is 5.73 Å². The van der Waals surface area contributed by atoms with E-state index in [2.05, 4.69) is 27.8 Å². The predicted molar refractivity (Wildman–Crippen MR) is 54.8 cm³/mol. The molecule has 72 valence electrons. The first-order valence-corrected chi connectivity index (χ1v) is 4.61. The number of benzene rings is 1. The van der Waals surface area contributed by atoms with Crippen LogP contribution in [0.25, 0.3) is 0 Å². The van der Waals surface area contributed by atoms with Crippen molar-refractivity contribution >= 4 is 21.8 Å². The van der Waals surface area contributed by atoms with Gasteiger partial charge in [0.15, 0.2) is 0 Å². The molecule has 0 spiro atoms. The Labute approximate surface area is 89.4 Å². The first-order valence-electron chi connectivity index (χ1n) is 3.82. The number of halogens is 2. The van der Waals surface area contributed by atoms with Crippen molar-refractivity contribution in [1.29, 1.82) is 0 Å². The standard InChI is InChI=1S/C10H7BrFNO/c11-8-4-5-9(12)7(6-8)2-1-3-10(13)14/h4-6H,3H2,(H2,13,14). The molecule has 0 radical (unpaired) electrons. The van der Waals surface area contributed by atoms with Gasteiger partial charge in [-0.25, -0.2) is 4.39 Å². The van der Waals surface area contributed by atoms with E-state index >= 15 is 0 Å². The number of hydrogen-bond acceptors (Lipinski definition) is 1. The predicted octanol–water partition coefficient (Wildman–Crippen LogP) is 1.82. The van der Waals surface area contributed by atoms with Crippen LogP contribution in [-0.2, 0) is 4.79 Å². The van der Waals surface area contributed by atoms with Crippen LogP contribution < -0.4 is 5.73 Å². The summed E-state index contributed by atoms with van der Waals surface area (Å²) in [6.07, 6.45) is -0.0635. The monoisotopic (exact) mass is 255 g/mol. The Morgan fingerprint density at radius 1 is 1.57 bits per heavy atom. The van der Waals surface area contributed by atoms with Gasteiger partial charge >= 0.3 is 0 Å². The zero-order valence-electron chi connectivity index (χ0n) is 7.18. The van der Waals surface area contributed by atoms with Gasteiger partial charge in [0.1, 0.15) is 5.82 Å². The molecule has 1 aromatic rings. The number of rotatable bonds is 1. The Kier molecular flexibility index (Phi) is 3.66. The van der Waals surface area contributed by atoms with Gasteiger partial charge < -0.3 is 5.73 Å². The van der Waals surface area contributed by atoms with Crippen LogP contribution in [0.5, 0.6) is 0 Å². The highest BCUT2D eigenvalue weighted by Gasteiger charge is 1.98. The Hall–Kier alpha value is -1.34. The molecule has 0 atom stereocenters. The van der Waals surface area contributed by atoms with Crippen molar-refractivity contribution in [2.75, 3.05) is 0 Å². The molecular weight excluding hydrogens is 249 g/mol. The second-order valence-corrected chi connectivity index (χ2v) is 3.48. The molecule has 0 aliphatic rings. The molecule has 0 unspecified atom stereocenters. The zero-order chi connectivity index (χ0) is 10.6. The van der Waals surface area contributed by atoms with Crippen LogP contribution >= 0.6 is 15.9 Å². The van der Waals surface area contributed by atoms with E-state index in [1.165, 1.54) is 6.07 Å². The van der Waals surface area contributed by atoms with E-state index in [0.29, 0.717) is 0 Å². The fraction of sp³-hybridized carbons (Fsp3) is 0.100. The van der Waals surface area contributed by atoms with Crippen molar-refractivity contribution < 1.29 is 9.18 Å². The van der Waals surface area contributed by atoms with Gasteiger partial charge in [0, 0.05) is 4.47 Å². The Morgan fingerprint density at radius 3 is 2.93 bits per heavy atom. The van der Waals surface area contributed by atoms with Gasteiger partial charge in [-0.2, -0.15) is 0 Å². The first kappa shape index (κ1) is 10.7. The summed E-state index contributed by atoms with van der Waals surface area (Å²) in [5.41, 5.74) is 5.13. The molecule has 0 bridgehead atoms. The topological polar surface area (TPSA) is 43.1 Å². The maximum atomic E-state index is 13.1. The minimum Gasteiger partial charge on any atom is -0.369 e. The molecule has 2 N–H and O–H groups in total. The van der Waals surface area contributed by atoms with Crippen molar-refractivity contribution in [3.63, 3.8) is 0 Å². The van der Waals surface area contributed by atoms with Crippen molar-refractivity contribution in [3.05, 3.63) is 34.1 Å². The summed E-state index contributed by atoms with van der Waals surface area (Å²) < 4.78 is 13.8.